The van der Waals surface area contributed by atoms with Gasteiger partial charge in [0.2, 0.25) is 0 Å². The quantitative estimate of drug-likeness (QED) is 0.327. The van der Waals surface area contributed by atoms with Crippen molar-refractivity contribution < 1.29 is 19.1 Å². The fourth-order valence-electron chi connectivity index (χ4n) is 3.83. The Labute approximate surface area is 207 Å². The van der Waals surface area contributed by atoms with Crippen LogP contribution < -0.4 is 21.2 Å². The molecule has 9 heteroatoms. The topological polar surface area (TPSA) is 123 Å². The zero-order chi connectivity index (χ0) is 24.8. The Morgan fingerprint density at radius 3 is 2.49 bits per heavy atom. The number of nitrogens with zero attached hydrogens (tertiary/aromatic N) is 1. The molecule has 1 aliphatic carbocycles. The van der Waals surface area contributed by atoms with Crippen molar-refractivity contribution in [1.82, 2.24) is 5.43 Å². The first kappa shape index (κ1) is 24.2. The fraction of sp³-hybridized carbons (Fsp3) is 0.231. The van der Waals surface area contributed by atoms with Crippen LogP contribution >= 0.6 is 11.3 Å². The SMILES string of the molecule is C[C@H](Oc1ccc(C(=O)Nc2sc3c(c2C(N)=O)CCCC3)cc1)C(=O)NN=Cc1ccccc1. The van der Waals surface area contributed by atoms with Crippen LogP contribution in [0.4, 0.5) is 5.00 Å². The first-order valence-electron chi connectivity index (χ1n) is 11.3. The number of amides is 3. The number of hydrogen-bond acceptors (Lipinski definition) is 6. The monoisotopic (exact) mass is 490 g/mol. The molecule has 8 nitrogen and oxygen atoms in total. The number of thiophene rings is 1. The largest absolute Gasteiger partial charge is 0.481 e. The van der Waals surface area contributed by atoms with Crippen LogP contribution in [-0.2, 0) is 17.6 Å². The van der Waals surface area contributed by atoms with Crippen LogP contribution in [0.2, 0.25) is 0 Å². The van der Waals surface area contributed by atoms with E-state index in [2.05, 4.69) is 15.8 Å². The third kappa shape index (κ3) is 5.93. The van der Waals surface area contributed by atoms with Crippen LogP contribution in [0.25, 0.3) is 0 Å². The van der Waals surface area contributed by atoms with Gasteiger partial charge in [-0.25, -0.2) is 5.43 Å². The molecule has 35 heavy (non-hydrogen) atoms. The van der Waals surface area contributed by atoms with Crippen LogP contribution in [0.15, 0.2) is 59.7 Å². The summed E-state index contributed by atoms with van der Waals surface area (Å²) in [6, 6.07) is 15.8. The van der Waals surface area contributed by atoms with Crippen LogP contribution in [0, 0.1) is 0 Å². The third-order valence-corrected chi connectivity index (χ3v) is 6.84. The molecule has 0 saturated carbocycles. The molecule has 3 amide bonds. The minimum atomic E-state index is -0.793. The molecular formula is C26H26N4O4S. The van der Waals surface area contributed by atoms with Crippen LogP contribution in [0.5, 0.6) is 5.75 Å². The smallest absolute Gasteiger partial charge is 0.280 e. The van der Waals surface area contributed by atoms with Crippen LogP contribution in [0.1, 0.15) is 56.5 Å². The summed E-state index contributed by atoms with van der Waals surface area (Å²) in [6.07, 6.45) is 4.52. The minimum absolute atomic E-state index is 0.348. The van der Waals surface area contributed by atoms with Crippen molar-refractivity contribution in [3.8, 4) is 5.75 Å². The molecule has 1 heterocycles. The maximum atomic E-state index is 12.8. The molecule has 180 valence electrons. The number of nitrogens with one attached hydrogen (secondary N) is 2. The van der Waals surface area contributed by atoms with Crippen molar-refractivity contribution in [2.45, 2.75) is 38.7 Å². The van der Waals surface area contributed by atoms with Gasteiger partial charge in [-0.3, -0.25) is 14.4 Å². The molecule has 4 N–H and O–H groups in total. The van der Waals surface area contributed by atoms with E-state index in [1.54, 1.807) is 37.4 Å². The second-order valence-electron chi connectivity index (χ2n) is 8.16. The number of carbonyl (C=O) groups excluding carboxylic acids is 3. The number of hydrazone groups is 1. The molecule has 0 bridgehead atoms. The van der Waals surface area contributed by atoms with Gasteiger partial charge in [0.15, 0.2) is 6.10 Å². The van der Waals surface area contributed by atoms with Gasteiger partial charge >= 0.3 is 0 Å². The normalized spacial score (nSPS) is 13.6. The fourth-order valence-corrected chi connectivity index (χ4v) is 5.12. The lowest BCUT2D eigenvalue weighted by Crippen LogP contribution is -2.33. The van der Waals surface area contributed by atoms with E-state index in [0.29, 0.717) is 21.9 Å². The number of primary amides is 1. The van der Waals surface area contributed by atoms with Gasteiger partial charge in [0, 0.05) is 10.4 Å². The van der Waals surface area contributed by atoms with Gasteiger partial charge in [0.25, 0.3) is 17.7 Å². The number of anilines is 1. The average Bonchev–Trinajstić information content (AvgIpc) is 3.23. The summed E-state index contributed by atoms with van der Waals surface area (Å²) < 4.78 is 5.66. The summed E-state index contributed by atoms with van der Waals surface area (Å²) in [5.74, 6) is -0.845. The molecule has 0 unspecified atom stereocenters. The van der Waals surface area contributed by atoms with Crippen molar-refractivity contribution in [1.29, 1.82) is 0 Å². The van der Waals surface area contributed by atoms with Gasteiger partial charge < -0.3 is 15.8 Å². The van der Waals surface area contributed by atoms with Gasteiger partial charge in [0.05, 0.1) is 11.8 Å². The van der Waals surface area contributed by atoms with Gasteiger partial charge in [-0.15, -0.1) is 11.3 Å². The molecule has 0 radical (unpaired) electrons. The maximum absolute atomic E-state index is 12.8. The number of benzene rings is 2. The van der Waals surface area contributed by atoms with Gasteiger partial charge in [-0.1, -0.05) is 30.3 Å². The Morgan fingerprint density at radius 2 is 1.77 bits per heavy atom. The molecule has 1 aliphatic rings. The number of aryl methyl sites for hydroxylation is 1. The number of nitrogens with two attached hydrogens (primary N) is 1. The summed E-state index contributed by atoms with van der Waals surface area (Å²) in [7, 11) is 0. The van der Waals surface area contributed by atoms with Crippen LogP contribution in [0.3, 0.4) is 0 Å². The Morgan fingerprint density at radius 1 is 1.06 bits per heavy atom. The first-order valence-corrected chi connectivity index (χ1v) is 12.1. The Hall–Kier alpha value is -3.98. The molecule has 1 atom stereocenters. The number of carbonyl (C=O) groups is 3. The molecule has 0 fully saturated rings. The summed E-state index contributed by atoms with van der Waals surface area (Å²) in [6.45, 7) is 1.61. The predicted molar refractivity (Wildman–Crippen MR) is 136 cm³/mol. The summed E-state index contributed by atoms with van der Waals surface area (Å²) in [5, 5.41) is 7.27. The van der Waals surface area contributed by atoms with E-state index in [1.807, 2.05) is 30.3 Å². The van der Waals surface area contributed by atoms with E-state index in [0.717, 1.165) is 41.7 Å². The molecule has 4 rings (SSSR count). The Balaban J connectivity index is 1.35. The van der Waals surface area contributed by atoms with Gasteiger partial charge in [-0.05, 0) is 68.0 Å². The molecule has 2 aromatic carbocycles. The zero-order valence-corrected chi connectivity index (χ0v) is 20.1. The summed E-state index contributed by atoms with van der Waals surface area (Å²) in [5.41, 5.74) is 10.7. The van der Waals surface area contributed by atoms with Crippen molar-refractivity contribution in [3.63, 3.8) is 0 Å². The van der Waals surface area contributed by atoms with E-state index in [4.69, 9.17) is 10.5 Å². The minimum Gasteiger partial charge on any atom is -0.481 e. The van der Waals surface area contributed by atoms with E-state index in [1.165, 1.54) is 11.3 Å². The highest BCUT2D eigenvalue weighted by Crippen LogP contribution is 2.38. The van der Waals surface area contributed by atoms with Gasteiger partial charge in [-0.2, -0.15) is 5.10 Å². The molecule has 1 aromatic heterocycles. The molecular weight excluding hydrogens is 464 g/mol. The van der Waals surface area contributed by atoms with Crippen molar-refractivity contribution >= 4 is 40.3 Å². The van der Waals surface area contributed by atoms with Crippen molar-refractivity contribution in [3.05, 3.63) is 81.7 Å². The lowest BCUT2D eigenvalue weighted by molar-refractivity contribution is -0.127. The number of fused-ring (bicyclic) bond motifs is 1. The lowest BCUT2D eigenvalue weighted by atomic mass is 9.95. The molecule has 3 aromatic rings. The predicted octanol–water partition coefficient (Wildman–Crippen LogP) is 3.90. The maximum Gasteiger partial charge on any atom is 0.280 e. The molecule has 0 spiro atoms. The van der Waals surface area contributed by atoms with Crippen molar-refractivity contribution in [2.75, 3.05) is 5.32 Å². The average molecular weight is 491 g/mol. The van der Waals surface area contributed by atoms with Gasteiger partial charge in [0.1, 0.15) is 10.8 Å². The number of ether oxygens (including phenoxy) is 1. The lowest BCUT2D eigenvalue weighted by Gasteiger charge is -2.13. The Bertz CT molecular complexity index is 1250. The summed E-state index contributed by atoms with van der Waals surface area (Å²) >= 11 is 1.42. The van der Waals surface area contributed by atoms with E-state index < -0.39 is 17.9 Å². The second kappa shape index (κ2) is 11.0. The Kier molecular flexibility index (Phi) is 7.57. The van der Waals surface area contributed by atoms with E-state index >= 15 is 0 Å². The molecule has 0 aliphatic heterocycles. The van der Waals surface area contributed by atoms with Crippen molar-refractivity contribution in [2.24, 2.45) is 10.8 Å². The number of rotatable bonds is 8. The highest BCUT2D eigenvalue weighted by atomic mass is 32.1. The number of hydrogen-bond donors (Lipinski definition) is 3. The molecule has 0 saturated heterocycles. The summed E-state index contributed by atoms with van der Waals surface area (Å²) in [4.78, 5) is 38.2. The highest BCUT2D eigenvalue weighted by molar-refractivity contribution is 7.17. The highest BCUT2D eigenvalue weighted by Gasteiger charge is 2.25. The van der Waals surface area contributed by atoms with E-state index in [-0.39, 0.29) is 5.91 Å². The standard InChI is InChI=1S/C26H26N4O4S/c1-16(24(32)30-28-15-17-7-3-2-4-8-17)34-19-13-11-18(12-14-19)25(33)29-26-22(23(27)31)20-9-5-6-10-21(20)35-26/h2-4,7-8,11-16H,5-6,9-10H2,1H3,(H2,27,31)(H,29,33)(H,30,32)/t16-/m0/s1. The second-order valence-corrected chi connectivity index (χ2v) is 9.27. The zero-order valence-electron chi connectivity index (χ0n) is 19.2. The first-order chi connectivity index (χ1) is 16.9. The van der Waals surface area contributed by atoms with E-state index in [9.17, 15) is 14.4 Å². The third-order valence-electron chi connectivity index (χ3n) is 5.63. The van der Waals surface area contributed by atoms with Crippen LogP contribution in [-0.4, -0.2) is 30.0 Å².